The van der Waals surface area contributed by atoms with Gasteiger partial charge in [-0.3, -0.25) is 9.69 Å². The van der Waals surface area contributed by atoms with E-state index in [0.29, 0.717) is 18.1 Å². The number of hydrogen-bond acceptors (Lipinski definition) is 5. The highest BCUT2D eigenvalue weighted by Gasteiger charge is 2.22. The third kappa shape index (κ3) is 5.80. The molecule has 2 atom stereocenters. The van der Waals surface area contributed by atoms with Crippen molar-refractivity contribution in [2.24, 2.45) is 0 Å². The Morgan fingerprint density at radius 3 is 2.59 bits per heavy atom. The predicted octanol–water partition coefficient (Wildman–Crippen LogP) is 2.84. The van der Waals surface area contributed by atoms with Gasteiger partial charge in [0.1, 0.15) is 23.9 Å². The summed E-state index contributed by atoms with van der Waals surface area (Å²) in [5.41, 5.74) is 0. The van der Waals surface area contributed by atoms with Crippen LogP contribution >= 0.6 is 0 Å². The van der Waals surface area contributed by atoms with Crippen LogP contribution in [0.15, 0.2) is 40.8 Å². The molecule has 0 aliphatic carbocycles. The number of nitrogens with zero attached hydrogens (tertiary/aromatic N) is 1. The van der Waals surface area contributed by atoms with Crippen molar-refractivity contribution in [3.8, 4) is 5.75 Å². The number of rotatable bonds is 7. The molecule has 3 rings (SSSR count). The summed E-state index contributed by atoms with van der Waals surface area (Å²) in [4.78, 5) is 14.5. The van der Waals surface area contributed by atoms with Gasteiger partial charge in [-0.1, -0.05) is 0 Å². The van der Waals surface area contributed by atoms with Crippen LogP contribution < -0.4 is 10.1 Å². The van der Waals surface area contributed by atoms with Gasteiger partial charge < -0.3 is 19.2 Å². The highest BCUT2D eigenvalue weighted by Crippen LogP contribution is 2.15. The van der Waals surface area contributed by atoms with Crippen LogP contribution in [0.1, 0.15) is 30.2 Å². The van der Waals surface area contributed by atoms with E-state index < -0.39 is 0 Å². The van der Waals surface area contributed by atoms with E-state index in [9.17, 15) is 9.18 Å². The summed E-state index contributed by atoms with van der Waals surface area (Å²) < 4.78 is 29.6. The molecule has 0 saturated carbocycles. The number of benzene rings is 1. The minimum atomic E-state index is -0.319. The van der Waals surface area contributed by atoms with Gasteiger partial charge in [0.25, 0.3) is 5.91 Å². The van der Waals surface area contributed by atoms with Crippen molar-refractivity contribution in [3.63, 3.8) is 0 Å². The SMILES string of the molecule is CC1CN(CCNC(=O)c2ccc(COc3ccc(F)cc3)o2)CC(C)O1. The minimum absolute atomic E-state index is 0.169. The van der Waals surface area contributed by atoms with Crippen LogP contribution in [-0.4, -0.2) is 49.2 Å². The Morgan fingerprint density at radius 1 is 1.19 bits per heavy atom. The number of carbonyl (C=O) groups is 1. The second kappa shape index (κ2) is 9.01. The molecule has 1 fully saturated rings. The van der Waals surface area contributed by atoms with E-state index in [1.807, 2.05) is 0 Å². The van der Waals surface area contributed by atoms with Crippen LogP contribution in [0.4, 0.5) is 4.39 Å². The average molecular weight is 376 g/mol. The number of morpholine rings is 1. The summed E-state index contributed by atoms with van der Waals surface area (Å²) in [6, 6.07) is 9.05. The van der Waals surface area contributed by atoms with Crippen molar-refractivity contribution in [3.05, 3.63) is 53.7 Å². The number of ether oxygens (including phenoxy) is 2. The summed E-state index contributed by atoms with van der Waals surface area (Å²) in [7, 11) is 0. The van der Waals surface area contributed by atoms with E-state index in [2.05, 4.69) is 24.1 Å². The fourth-order valence-corrected chi connectivity index (χ4v) is 3.14. The average Bonchev–Trinajstić information content (AvgIpc) is 3.09. The van der Waals surface area contributed by atoms with Crippen LogP contribution in [-0.2, 0) is 11.3 Å². The number of hydrogen-bond donors (Lipinski definition) is 1. The van der Waals surface area contributed by atoms with E-state index in [1.165, 1.54) is 12.1 Å². The van der Waals surface area contributed by atoms with Crippen LogP contribution in [0.2, 0.25) is 0 Å². The van der Waals surface area contributed by atoms with Gasteiger partial charge in [0, 0.05) is 26.2 Å². The van der Waals surface area contributed by atoms with E-state index in [4.69, 9.17) is 13.9 Å². The molecule has 1 saturated heterocycles. The maximum atomic E-state index is 12.9. The highest BCUT2D eigenvalue weighted by atomic mass is 19.1. The van der Waals surface area contributed by atoms with Gasteiger partial charge in [0.2, 0.25) is 0 Å². The van der Waals surface area contributed by atoms with E-state index in [1.54, 1.807) is 24.3 Å². The molecule has 6 nitrogen and oxygen atoms in total. The number of carbonyl (C=O) groups excluding carboxylic acids is 1. The molecule has 1 aromatic carbocycles. The van der Waals surface area contributed by atoms with E-state index in [0.717, 1.165) is 19.6 Å². The molecular weight excluding hydrogens is 351 g/mol. The third-order valence-electron chi connectivity index (χ3n) is 4.29. The Morgan fingerprint density at radius 2 is 1.89 bits per heavy atom. The number of furan rings is 1. The van der Waals surface area contributed by atoms with Gasteiger partial charge in [-0.25, -0.2) is 4.39 Å². The molecule has 1 N–H and O–H groups in total. The molecule has 7 heteroatoms. The lowest BCUT2D eigenvalue weighted by Gasteiger charge is -2.35. The largest absolute Gasteiger partial charge is 0.486 e. The summed E-state index contributed by atoms with van der Waals surface area (Å²) in [5.74, 6) is 0.738. The first-order chi connectivity index (χ1) is 13.0. The van der Waals surface area contributed by atoms with Gasteiger partial charge in [-0.05, 0) is 50.2 Å². The minimum Gasteiger partial charge on any atom is -0.486 e. The summed E-state index contributed by atoms with van der Waals surface area (Å²) in [6.07, 6.45) is 0.413. The zero-order valence-corrected chi connectivity index (χ0v) is 15.6. The molecule has 1 aliphatic rings. The first kappa shape index (κ1) is 19.4. The zero-order chi connectivity index (χ0) is 19.2. The molecule has 2 heterocycles. The first-order valence-electron chi connectivity index (χ1n) is 9.12. The Labute approximate surface area is 158 Å². The molecule has 146 valence electrons. The lowest BCUT2D eigenvalue weighted by Crippen LogP contribution is -2.47. The zero-order valence-electron chi connectivity index (χ0n) is 15.6. The lowest BCUT2D eigenvalue weighted by atomic mass is 10.2. The maximum Gasteiger partial charge on any atom is 0.287 e. The second-order valence-corrected chi connectivity index (χ2v) is 6.78. The summed E-state index contributed by atoms with van der Waals surface area (Å²) >= 11 is 0. The van der Waals surface area contributed by atoms with Gasteiger partial charge in [0.15, 0.2) is 5.76 Å². The Bertz CT molecular complexity index is 737. The van der Waals surface area contributed by atoms with Crippen LogP contribution in [0.5, 0.6) is 5.75 Å². The van der Waals surface area contributed by atoms with Crippen molar-refractivity contribution < 1.29 is 23.1 Å². The number of halogens is 1. The molecule has 2 aromatic rings. The van der Waals surface area contributed by atoms with Gasteiger partial charge in [-0.2, -0.15) is 0 Å². The van der Waals surface area contributed by atoms with Crippen LogP contribution in [0, 0.1) is 5.82 Å². The van der Waals surface area contributed by atoms with Crippen molar-refractivity contribution in [1.29, 1.82) is 0 Å². The summed E-state index contributed by atoms with van der Waals surface area (Å²) in [5, 5.41) is 2.87. The van der Waals surface area contributed by atoms with Gasteiger partial charge >= 0.3 is 0 Å². The molecule has 1 amide bonds. The summed E-state index contributed by atoms with van der Waals surface area (Å²) in [6.45, 7) is 7.32. The molecular formula is C20H25FN2O4. The fourth-order valence-electron chi connectivity index (χ4n) is 3.14. The lowest BCUT2D eigenvalue weighted by molar-refractivity contribution is -0.0672. The van der Waals surface area contributed by atoms with Crippen LogP contribution in [0.25, 0.3) is 0 Å². The molecule has 1 aromatic heterocycles. The highest BCUT2D eigenvalue weighted by molar-refractivity contribution is 5.91. The van der Waals surface area contributed by atoms with Gasteiger partial charge in [0.05, 0.1) is 12.2 Å². The fraction of sp³-hybridized carbons (Fsp3) is 0.450. The smallest absolute Gasteiger partial charge is 0.287 e. The van der Waals surface area contributed by atoms with Crippen molar-refractivity contribution in [1.82, 2.24) is 10.2 Å². The molecule has 0 spiro atoms. The van der Waals surface area contributed by atoms with Crippen molar-refractivity contribution >= 4 is 5.91 Å². The standard InChI is InChI=1S/C20H25FN2O4/c1-14-11-23(12-15(2)26-14)10-9-22-20(24)19-8-7-18(27-19)13-25-17-5-3-16(21)4-6-17/h3-8,14-15H,9-13H2,1-2H3,(H,22,24). The molecule has 2 unspecified atom stereocenters. The van der Waals surface area contributed by atoms with Gasteiger partial charge in [-0.15, -0.1) is 0 Å². The Kier molecular flexibility index (Phi) is 6.47. The molecule has 1 aliphatic heterocycles. The monoisotopic (exact) mass is 376 g/mol. The van der Waals surface area contributed by atoms with Crippen molar-refractivity contribution in [2.45, 2.75) is 32.7 Å². The molecule has 27 heavy (non-hydrogen) atoms. The first-order valence-corrected chi connectivity index (χ1v) is 9.12. The maximum absolute atomic E-state index is 12.9. The van der Waals surface area contributed by atoms with Crippen LogP contribution in [0.3, 0.4) is 0 Å². The topological polar surface area (TPSA) is 63.9 Å². The third-order valence-corrected chi connectivity index (χ3v) is 4.29. The number of nitrogens with one attached hydrogen (secondary N) is 1. The normalized spacial score (nSPS) is 20.4. The van der Waals surface area contributed by atoms with E-state index in [-0.39, 0.29) is 36.3 Å². The second-order valence-electron chi connectivity index (χ2n) is 6.78. The van der Waals surface area contributed by atoms with E-state index >= 15 is 0 Å². The van der Waals surface area contributed by atoms with Crippen molar-refractivity contribution in [2.75, 3.05) is 26.2 Å². The predicted molar refractivity (Wildman–Crippen MR) is 98.2 cm³/mol. The quantitative estimate of drug-likeness (QED) is 0.805. The molecule has 0 bridgehead atoms. The Hall–Kier alpha value is -2.38. The number of amides is 1. The molecule has 0 radical (unpaired) electrons. The Balaban J connectivity index is 1.42.